The van der Waals surface area contributed by atoms with Crippen molar-refractivity contribution in [2.45, 2.75) is 43.4 Å². The minimum absolute atomic E-state index is 0.229. The van der Waals surface area contributed by atoms with Gasteiger partial charge in [-0.3, -0.25) is 4.79 Å². The highest BCUT2D eigenvalue weighted by Gasteiger charge is 2.46. The van der Waals surface area contributed by atoms with Gasteiger partial charge in [0.1, 0.15) is 0 Å². The molecule has 164 valence electrons. The van der Waals surface area contributed by atoms with Crippen LogP contribution in [0.4, 0.5) is 0 Å². The van der Waals surface area contributed by atoms with E-state index < -0.39 is 5.60 Å². The number of ketones is 1. The first-order valence-corrected chi connectivity index (χ1v) is 11.4. The number of carbonyl (C=O) groups excluding carboxylic acids is 1. The van der Waals surface area contributed by atoms with Gasteiger partial charge in [0.15, 0.2) is 11.4 Å². The summed E-state index contributed by atoms with van der Waals surface area (Å²) >= 11 is 1.47. The molecule has 0 saturated carbocycles. The Hall–Kier alpha value is -3.29. The predicted octanol–water partition coefficient (Wildman–Crippen LogP) is 2.73. The van der Waals surface area contributed by atoms with E-state index in [2.05, 4.69) is 38.5 Å². The number of nitrogens with zero attached hydrogens (tertiary/aromatic N) is 6. The van der Waals surface area contributed by atoms with Crippen LogP contribution in [0.5, 0.6) is 5.88 Å². The molecule has 1 fully saturated rings. The van der Waals surface area contributed by atoms with Crippen LogP contribution in [0.2, 0.25) is 0 Å². The first-order chi connectivity index (χ1) is 15.5. The summed E-state index contributed by atoms with van der Waals surface area (Å²) in [6.07, 6.45) is 7.75. The van der Waals surface area contributed by atoms with Gasteiger partial charge in [-0.05, 0) is 51.1 Å². The van der Waals surface area contributed by atoms with Crippen LogP contribution in [0, 0.1) is 18.3 Å². The lowest BCUT2D eigenvalue weighted by Gasteiger charge is -2.39. The smallest absolute Gasteiger partial charge is 0.218 e. The molecule has 10 heteroatoms. The maximum absolute atomic E-state index is 14.0. The van der Waals surface area contributed by atoms with Crippen molar-refractivity contribution >= 4 is 17.5 Å². The Balaban J connectivity index is 1.80. The van der Waals surface area contributed by atoms with Crippen LogP contribution in [0.3, 0.4) is 0 Å². The van der Waals surface area contributed by atoms with E-state index in [0.717, 1.165) is 11.4 Å². The second-order valence-electron chi connectivity index (χ2n) is 7.69. The minimum atomic E-state index is -1.21. The average molecular weight is 450 g/mol. The Morgan fingerprint density at radius 1 is 1.31 bits per heavy atom. The van der Waals surface area contributed by atoms with Gasteiger partial charge in [0.25, 0.3) is 0 Å². The Morgan fingerprint density at radius 2 is 2.09 bits per heavy atom. The summed E-state index contributed by atoms with van der Waals surface area (Å²) in [5.74, 6) is 0.401. The van der Waals surface area contributed by atoms with Gasteiger partial charge >= 0.3 is 0 Å². The molecule has 1 aliphatic rings. The monoisotopic (exact) mass is 449 g/mol. The molecule has 9 nitrogen and oxygen atoms in total. The van der Waals surface area contributed by atoms with Crippen molar-refractivity contribution in [2.24, 2.45) is 0 Å². The Bertz CT molecular complexity index is 1170. The molecule has 32 heavy (non-hydrogen) atoms. The third-order valence-corrected chi connectivity index (χ3v) is 6.26. The highest BCUT2D eigenvalue weighted by atomic mass is 32.2. The first kappa shape index (κ1) is 21.9. The average Bonchev–Trinajstić information content (AvgIpc) is 3.36. The first-order valence-electron chi connectivity index (χ1n) is 10.2. The summed E-state index contributed by atoms with van der Waals surface area (Å²) in [6, 6.07) is 7.57. The molecule has 0 spiro atoms. The summed E-state index contributed by atoms with van der Waals surface area (Å²) in [6.45, 7) is 4.15. The third kappa shape index (κ3) is 4.09. The van der Waals surface area contributed by atoms with E-state index in [9.17, 15) is 10.1 Å². The normalized spacial score (nSPS) is 20.5. The summed E-state index contributed by atoms with van der Waals surface area (Å²) in [5, 5.41) is 21.9. The molecule has 0 aliphatic carbocycles. The molecule has 2 atom stereocenters. The van der Waals surface area contributed by atoms with E-state index in [1.165, 1.54) is 22.8 Å². The SMILES string of the molecule is CSc1ccc(C(=O)[C@@]2(Oc3nccc(C#N)c3C)CC[C@@H](C)NC2)c(-n2nccn2)n1. The lowest BCUT2D eigenvalue weighted by Crippen LogP contribution is -2.58. The summed E-state index contributed by atoms with van der Waals surface area (Å²) in [4.78, 5) is 24.3. The zero-order valence-electron chi connectivity index (χ0n) is 18.1. The van der Waals surface area contributed by atoms with E-state index >= 15 is 0 Å². The van der Waals surface area contributed by atoms with Gasteiger partial charge in [-0.1, -0.05) is 0 Å². The van der Waals surface area contributed by atoms with Crippen LogP contribution >= 0.6 is 11.8 Å². The van der Waals surface area contributed by atoms with Crippen LogP contribution in [0.25, 0.3) is 5.82 Å². The highest BCUT2D eigenvalue weighted by Crippen LogP contribution is 2.33. The number of hydrogen-bond acceptors (Lipinski definition) is 9. The number of piperidine rings is 1. The van der Waals surface area contributed by atoms with Crippen LogP contribution in [-0.2, 0) is 0 Å². The van der Waals surface area contributed by atoms with Crippen LogP contribution in [0.15, 0.2) is 41.8 Å². The van der Waals surface area contributed by atoms with Crippen molar-refractivity contribution in [1.82, 2.24) is 30.3 Å². The quantitative estimate of drug-likeness (QED) is 0.447. The van der Waals surface area contributed by atoms with E-state index in [1.54, 1.807) is 37.5 Å². The number of nitrogens with one attached hydrogen (secondary N) is 1. The number of thioether (sulfide) groups is 1. The molecule has 0 radical (unpaired) electrons. The molecular formula is C22H23N7O2S. The van der Waals surface area contributed by atoms with Gasteiger partial charge in [0.05, 0.1) is 34.6 Å². The maximum Gasteiger partial charge on any atom is 0.218 e. The molecule has 1 aliphatic heterocycles. The maximum atomic E-state index is 14.0. The Labute approximate surface area is 190 Å². The molecule has 0 amide bonds. The van der Waals surface area contributed by atoms with Gasteiger partial charge in [0, 0.05) is 24.3 Å². The number of carbonyl (C=O) groups is 1. The number of pyridine rings is 2. The molecule has 1 saturated heterocycles. The second kappa shape index (κ2) is 9.06. The molecule has 3 aromatic rings. The van der Waals surface area contributed by atoms with Crippen molar-refractivity contribution in [3.05, 3.63) is 53.5 Å². The fraction of sp³-hybridized carbons (Fsp3) is 0.364. The van der Waals surface area contributed by atoms with E-state index in [4.69, 9.17) is 4.74 Å². The Morgan fingerprint density at radius 3 is 2.75 bits per heavy atom. The standard InChI is InChI=1S/C22H23N7O2S/c1-14-6-8-22(13-25-14,31-21-15(2)16(12-23)7-9-24-21)19(30)17-4-5-18(32-3)28-20(17)29-26-10-11-27-29/h4-5,7,9-11,14,25H,6,8,13H2,1-3H3/t14-,22-/m1/s1. The molecule has 0 bridgehead atoms. The number of hydrogen-bond donors (Lipinski definition) is 1. The molecule has 4 heterocycles. The van der Waals surface area contributed by atoms with Gasteiger partial charge in [0.2, 0.25) is 11.7 Å². The second-order valence-corrected chi connectivity index (χ2v) is 8.52. The van der Waals surface area contributed by atoms with Gasteiger partial charge in [-0.2, -0.15) is 15.5 Å². The van der Waals surface area contributed by atoms with Crippen molar-refractivity contribution in [1.29, 1.82) is 5.26 Å². The zero-order chi connectivity index (χ0) is 22.7. The molecule has 0 aromatic carbocycles. The van der Waals surface area contributed by atoms with Crippen LogP contribution < -0.4 is 10.1 Å². The Kier molecular flexibility index (Phi) is 6.21. The van der Waals surface area contributed by atoms with Gasteiger partial charge < -0.3 is 10.1 Å². The molecule has 0 unspecified atom stereocenters. The van der Waals surface area contributed by atoms with Crippen LogP contribution in [0.1, 0.15) is 41.3 Å². The van der Waals surface area contributed by atoms with Gasteiger partial charge in [-0.15, -0.1) is 16.6 Å². The van der Waals surface area contributed by atoms with Gasteiger partial charge in [-0.25, -0.2) is 9.97 Å². The van der Waals surface area contributed by atoms with E-state index in [0.29, 0.717) is 35.5 Å². The lowest BCUT2D eigenvalue weighted by molar-refractivity contribution is 0.0260. The lowest BCUT2D eigenvalue weighted by atomic mass is 9.84. The molecule has 1 N–H and O–H groups in total. The number of ether oxygens (including phenoxy) is 1. The molecule has 3 aromatic heterocycles. The molecular weight excluding hydrogens is 426 g/mol. The van der Waals surface area contributed by atoms with E-state index in [-0.39, 0.29) is 17.7 Å². The summed E-state index contributed by atoms with van der Waals surface area (Å²) in [7, 11) is 0. The number of Topliss-reactive ketones (excluding diaryl/α,β-unsaturated/α-hetero) is 1. The number of aromatic nitrogens is 5. The fourth-order valence-corrected chi connectivity index (χ4v) is 4.06. The molecule has 4 rings (SSSR count). The highest BCUT2D eigenvalue weighted by molar-refractivity contribution is 7.98. The number of rotatable bonds is 6. The largest absolute Gasteiger partial charge is 0.461 e. The minimum Gasteiger partial charge on any atom is -0.461 e. The summed E-state index contributed by atoms with van der Waals surface area (Å²) < 4.78 is 6.35. The topological polar surface area (TPSA) is 119 Å². The van der Waals surface area contributed by atoms with Crippen LogP contribution in [-0.4, -0.2) is 55.2 Å². The fourth-order valence-electron chi connectivity index (χ4n) is 3.68. The van der Waals surface area contributed by atoms with Crippen molar-refractivity contribution in [3.8, 4) is 17.8 Å². The predicted molar refractivity (Wildman–Crippen MR) is 119 cm³/mol. The summed E-state index contributed by atoms with van der Waals surface area (Å²) in [5.41, 5.74) is 0.222. The van der Waals surface area contributed by atoms with E-state index in [1.807, 2.05) is 6.26 Å². The van der Waals surface area contributed by atoms with Crippen molar-refractivity contribution in [2.75, 3.05) is 12.8 Å². The van der Waals surface area contributed by atoms with Crippen molar-refractivity contribution < 1.29 is 9.53 Å². The zero-order valence-corrected chi connectivity index (χ0v) is 18.9. The third-order valence-electron chi connectivity index (χ3n) is 5.61. The van der Waals surface area contributed by atoms with Crippen molar-refractivity contribution in [3.63, 3.8) is 0 Å². The number of nitriles is 1.